The van der Waals surface area contributed by atoms with Crippen LogP contribution in [0.5, 0.6) is 11.5 Å². The van der Waals surface area contributed by atoms with E-state index < -0.39 is 16.6 Å². The van der Waals surface area contributed by atoms with Gasteiger partial charge in [-0.3, -0.25) is 9.10 Å². The molecule has 10 heteroatoms. The van der Waals surface area contributed by atoms with Crippen LogP contribution in [0, 0.1) is 0 Å². The smallest absolute Gasteiger partial charge is 0.387 e. The topological polar surface area (TPSA) is 76.2 Å². The van der Waals surface area contributed by atoms with Crippen LogP contribution < -0.4 is 13.8 Å². The average molecular weight is 481 g/mol. The molecule has 1 heterocycles. The zero-order valence-electron chi connectivity index (χ0n) is 18.5. The predicted octanol–water partition coefficient (Wildman–Crippen LogP) is 3.81. The summed E-state index contributed by atoms with van der Waals surface area (Å²) in [4.78, 5) is 15.1. The number of alkyl halides is 2. The minimum Gasteiger partial charge on any atom is -0.490 e. The molecule has 1 saturated carbocycles. The highest BCUT2D eigenvalue weighted by molar-refractivity contribution is 7.92. The van der Waals surface area contributed by atoms with Gasteiger partial charge in [0.1, 0.15) is 0 Å². The van der Waals surface area contributed by atoms with Gasteiger partial charge in [0.2, 0.25) is 10.0 Å². The molecule has 178 valence electrons. The third-order valence-electron chi connectivity index (χ3n) is 5.71. The van der Waals surface area contributed by atoms with Crippen LogP contribution in [0.25, 0.3) is 0 Å². The molecular formula is C23H26F2N2O5S. The first kappa shape index (κ1) is 23.3. The van der Waals surface area contributed by atoms with E-state index in [9.17, 15) is 22.0 Å². The van der Waals surface area contributed by atoms with E-state index in [-0.39, 0.29) is 30.1 Å². The first-order valence-electron chi connectivity index (χ1n) is 10.8. The van der Waals surface area contributed by atoms with Crippen LogP contribution in [0.15, 0.2) is 36.4 Å². The number of hydrogen-bond donors (Lipinski definition) is 0. The quantitative estimate of drug-likeness (QED) is 0.546. The molecule has 1 aliphatic heterocycles. The summed E-state index contributed by atoms with van der Waals surface area (Å²) in [5.41, 5.74) is 2.68. The summed E-state index contributed by atoms with van der Waals surface area (Å²) in [6.45, 7) is -0.264. The summed E-state index contributed by atoms with van der Waals surface area (Å²) in [5.74, 6) is 0.00909. The van der Waals surface area contributed by atoms with Gasteiger partial charge >= 0.3 is 6.61 Å². The Bertz CT molecular complexity index is 1150. The molecule has 0 aromatic heterocycles. The second-order valence-electron chi connectivity index (χ2n) is 8.19. The Morgan fingerprint density at radius 3 is 2.58 bits per heavy atom. The number of hydrogen-bond acceptors (Lipinski definition) is 5. The Morgan fingerprint density at radius 1 is 1.18 bits per heavy atom. The van der Waals surface area contributed by atoms with E-state index in [2.05, 4.69) is 4.74 Å². The van der Waals surface area contributed by atoms with Crippen molar-refractivity contribution in [1.82, 2.24) is 4.90 Å². The fourth-order valence-electron chi connectivity index (χ4n) is 4.08. The fraction of sp³-hybridized carbons (Fsp3) is 0.435. The largest absolute Gasteiger partial charge is 0.490 e. The number of anilines is 1. The standard InChI is InChI=1S/C23H26F2N2O5S/c1-3-31-21-12-15(4-9-20(21)32-23(24)25)14-26(18-6-7-18)22(28)17-5-8-19-16(13-17)10-11-27(19)33(2,29)30/h4-5,8-9,12-13,18,23H,3,6-7,10-11,14H2,1-2H3. The lowest BCUT2D eigenvalue weighted by atomic mass is 10.1. The van der Waals surface area contributed by atoms with E-state index in [0.29, 0.717) is 30.8 Å². The van der Waals surface area contributed by atoms with Gasteiger partial charge in [0.25, 0.3) is 5.91 Å². The molecular weight excluding hydrogens is 454 g/mol. The summed E-state index contributed by atoms with van der Waals surface area (Å²) >= 11 is 0. The van der Waals surface area contributed by atoms with Gasteiger partial charge in [-0.2, -0.15) is 8.78 Å². The van der Waals surface area contributed by atoms with Gasteiger partial charge in [0.05, 0.1) is 18.6 Å². The molecule has 1 amide bonds. The molecule has 0 saturated heterocycles. The van der Waals surface area contributed by atoms with Crippen LogP contribution in [-0.4, -0.2) is 51.3 Å². The van der Waals surface area contributed by atoms with Crippen LogP contribution >= 0.6 is 0 Å². The van der Waals surface area contributed by atoms with Crippen molar-refractivity contribution in [1.29, 1.82) is 0 Å². The van der Waals surface area contributed by atoms with Crippen LogP contribution in [0.4, 0.5) is 14.5 Å². The molecule has 1 aliphatic carbocycles. The number of carbonyl (C=O) groups is 1. The third kappa shape index (κ3) is 5.21. The number of carbonyl (C=O) groups excluding carboxylic acids is 1. The molecule has 0 N–H and O–H groups in total. The Hall–Kier alpha value is -2.88. The molecule has 1 fully saturated rings. The van der Waals surface area contributed by atoms with Crippen molar-refractivity contribution in [3.05, 3.63) is 53.1 Å². The first-order chi connectivity index (χ1) is 15.7. The number of benzene rings is 2. The van der Waals surface area contributed by atoms with E-state index >= 15 is 0 Å². The number of halogens is 2. The summed E-state index contributed by atoms with van der Waals surface area (Å²) in [5, 5.41) is 0. The maximum atomic E-state index is 13.4. The fourth-order valence-corrected chi connectivity index (χ4v) is 5.04. The van der Waals surface area contributed by atoms with Crippen molar-refractivity contribution in [2.24, 2.45) is 0 Å². The summed E-state index contributed by atoms with van der Waals surface area (Å²) < 4.78 is 60.6. The molecule has 2 aromatic rings. The Morgan fingerprint density at radius 2 is 1.94 bits per heavy atom. The van der Waals surface area contributed by atoms with Gasteiger partial charge in [-0.15, -0.1) is 0 Å². The molecule has 0 bridgehead atoms. The minimum absolute atomic E-state index is 0.0473. The zero-order valence-corrected chi connectivity index (χ0v) is 19.3. The van der Waals surface area contributed by atoms with Crippen molar-refractivity contribution in [2.45, 2.75) is 45.4 Å². The van der Waals surface area contributed by atoms with E-state index in [1.165, 1.54) is 16.6 Å². The summed E-state index contributed by atoms with van der Waals surface area (Å²) in [6, 6.07) is 9.91. The molecule has 0 radical (unpaired) electrons. The predicted molar refractivity (Wildman–Crippen MR) is 119 cm³/mol. The van der Waals surface area contributed by atoms with Crippen LogP contribution in [0.3, 0.4) is 0 Å². The van der Waals surface area contributed by atoms with Crippen molar-refractivity contribution in [2.75, 3.05) is 23.7 Å². The maximum absolute atomic E-state index is 13.4. The lowest BCUT2D eigenvalue weighted by Gasteiger charge is -2.24. The van der Waals surface area contributed by atoms with Crippen molar-refractivity contribution < 1.29 is 31.5 Å². The number of ether oxygens (including phenoxy) is 2. The molecule has 2 aliphatic rings. The minimum atomic E-state index is -3.36. The van der Waals surface area contributed by atoms with E-state index in [4.69, 9.17) is 4.74 Å². The number of amides is 1. The molecule has 4 rings (SSSR count). The van der Waals surface area contributed by atoms with Gasteiger partial charge in [-0.05, 0) is 67.6 Å². The van der Waals surface area contributed by atoms with Gasteiger partial charge < -0.3 is 14.4 Å². The van der Waals surface area contributed by atoms with Gasteiger partial charge in [0, 0.05) is 24.7 Å². The Kier molecular flexibility index (Phi) is 6.47. The molecule has 33 heavy (non-hydrogen) atoms. The number of fused-ring (bicyclic) bond motifs is 1. The molecule has 2 aromatic carbocycles. The second-order valence-corrected chi connectivity index (χ2v) is 10.1. The van der Waals surface area contributed by atoms with Crippen LogP contribution in [-0.2, 0) is 23.0 Å². The van der Waals surface area contributed by atoms with E-state index in [1.807, 2.05) is 0 Å². The first-order valence-corrected chi connectivity index (χ1v) is 12.6. The third-order valence-corrected chi connectivity index (χ3v) is 6.89. The van der Waals surface area contributed by atoms with Crippen molar-refractivity contribution >= 4 is 21.6 Å². The molecule has 0 spiro atoms. The van der Waals surface area contributed by atoms with Crippen LogP contribution in [0.2, 0.25) is 0 Å². The second kappa shape index (κ2) is 9.17. The normalized spacial score (nSPS) is 15.5. The SMILES string of the molecule is CCOc1cc(CN(C(=O)c2ccc3c(c2)CCN3S(C)(=O)=O)C2CC2)ccc1OC(F)F. The lowest BCUT2D eigenvalue weighted by Crippen LogP contribution is -2.32. The monoisotopic (exact) mass is 480 g/mol. The highest BCUT2D eigenvalue weighted by Gasteiger charge is 2.34. The maximum Gasteiger partial charge on any atom is 0.387 e. The molecule has 7 nitrogen and oxygen atoms in total. The van der Waals surface area contributed by atoms with Crippen molar-refractivity contribution in [3.63, 3.8) is 0 Å². The summed E-state index contributed by atoms with van der Waals surface area (Å²) in [7, 11) is -3.36. The number of nitrogens with zero attached hydrogens (tertiary/aromatic N) is 2. The van der Waals surface area contributed by atoms with E-state index in [1.54, 1.807) is 42.2 Å². The highest BCUT2D eigenvalue weighted by Crippen LogP contribution is 2.35. The number of rotatable bonds is 9. The van der Waals surface area contributed by atoms with Gasteiger partial charge in [-0.1, -0.05) is 6.07 Å². The molecule has 0 unspecified atom stereocenters. The lowest BCUT2D eigenvalue weighted by molar-refractivity contribution is -0.0514. The Balaban J connectivity index is 1.56. The number of sulfonamides is 1. The molecule has 0 atom stereocenters. The van der Waals surface area contributed by atoms with Crippen molar-refractivity contribution in [3.8, 4) is 11.5 Å². The van der Waals surface area contributed by atoms with E-state index in [0.717, 1.165) is 24.0 Å². The van der Waals surface area contributed by atoms with Gasteiger partial charge in [0.15, 0.2) is 11.5 Å². The highest BCUT2D eigenvalue weighted by atomic mass is 32.2. The Labute approximate surface area is 191 Å². The average Bonchev–Trinajstić information content (AvgIpc) is 3.49. The van der Waals surface area contributed by atoms with Crippen LogP contribution in [0.1, 0.15) is 41.3 Å². The zero-order chi connectivity index (χ0) is 23.8. The van der Waals surface area contributed by atoms with Gasteiger partial charge in [-0.25, -0.2) is 8.42 Å². The summed E-state index contributed by atoms with van der Waals surface area (Å²) in [6.07, 6.45) is 3.51.